The molecule has 0 amide bonds. The molecule has 0 aliphatic heterocycles. The standard InChI is InChI=1S/C24H34/c1-17(2)23(5,6)16-20-13-19(4)14-22(15-20)24(7,8)21-11-9-18(3)10-12-21/h9-15,17H,16H2,1-8H3. The fraction of sp³-hybridized carbons (Fsp3) is 0.500. The monoisotopic (exact) mass is 322 g/mol. The Morgan fingerprint density at radius 3 is 1.88 bits per heavy atom. The summed E-state index contributed by atoms with van der Waals surface area (Å²) in [5, 5.41) is 0. The normalized spacial score (nSPS) is 12.7. The average molecular weight is 323 g/mol. The third-order valence-corrected chi connectivity index (χ3v) is 5.85. The van der Waals surface area contributed by atoms with Crippen LogP contribution in [0.2, 0.25) is 0 Å². The Bertz CT molecular complexity index is 684. The lowest BCUT2D eigenvalue weighted by molar-refractivity contribution is 0.248. The van der Waals surface area contributed by atoms with Crippen molar-refractivity contribution in [1.82, 2.24) is 0 Å². The topological polar surface area (TPSA) is 0 Å². The predicted octanol–water partition coefficient (Wildman–Crippen LogP) is 6.85. The third kappa shape index (κ3) is 4.09. The van der Waals surface area contributed by atoms with Crippen molar-refractivity contribution in [3.8, 4) is 0 Å². The molecular weight excluding hydrogens is 288 g/mol. The highest BCUT2D eigenvalue weighted by Gasteiger charge is 2.26. The molecule has 0 spiro atoms. The lowest BCUT2D eigenvalue weighted by Crippen LogP contribution is -2.23. The Morgan fingerprint density at radius 1 is 0.750 bits per heavy atom. The van der Waals surface area contributed by atoms with Crippen LogP contribution >= 0.6 is 0 Å². The van der Waals surface area contributed by atoms with Gasteiger partial charge in [-0.1, -0.05) is 95.1 Å². The van der Waals surface area contributed by atoms with Gasteiger partial charge in [0.05, 0.1) is 0 Å². The lowest BCUT2D eigenvalue weighted by atomic mass is 9.73. The number of aryl methyl sites for hydroxylation is 2. The van der Waals surface area contributed by atoms with Gasteiger partial charge in [-0.2, -0.15) is 0 Å². The Morgan fingerprint density at radius 2 is 1.33 bits per heavy atom. The third-order valence-electron chi connectivity index (χ3n) is 5.85. The SMILES string of the molecule is Cc1ccc(C(C)(C)c2cc(C)cc(CC(C)(C)C(C)C)c2)cc1. The summed E-state index contributed by atoms with van der Waals surface area (Å²) < 4.78 is 0. The van der Waals surface area contributed by atoms with E-state index in [0.29, 0.717) is 11.3 Å². The molecule has 130 valence electrons. The van der Waals surface area contributed by atoms with E-state index in [0.717, 1.165) is 6.42 Å². The van der Waals surface area contributed by atoms with E-state index in [1.54, 1.807) is 0 Å². The predicted molar refractivity (Wildman–Crippen MR) is 107 cm³/mol. The minimum absolute atomic E-state index is 0.0242. The zero-order chi connectivity index (χ0) is 18.1. The quantitative estimate of drug-likeness (QED) is 0.564. The molecule has 0 unspecified atom stereocenters. The summed E-state index contributed by atoms with van der Waals surface area (Å²) >= 11 is 0. The van der Waals surface area contributed by atoms with Gasteiger partial charge >= 0.3 is 0 Å². The van der Waals surface area contributed by atoms with Gasteiger partial charge in [0.1, 0.15) is 0 Å². The van der Waals surface area contributed by atoms with Crippen LogP contribution in [0.4, 0.5) is 0 Å². The van der Waals surface area contributed by atoms with Crippen molar-refractivity contribution in [1.29, 1.82) is 0 Å². The van der Waals surface area contributed by atoms with Crippen molar-refractivity contribution in [2.45, 2.75) is 67.2 Å². The van der Waals surface area contributed by atoms with E-state index in [1.807, 2.05) is 0 Å². The van der Waals surface area contributed by atoms with Crippen molar-refractivity contribution >= 4 is 0 Å². The van der Waals surface area contributed by atoms with Crippen molar-refractivity contribution in [2.24, 2.45) is 11.3 Å². The maximum absolute atomic E-state index is 2.43. The van der Waals surface area contributed by atoms with Gasteiger partial charge in [0, 0.05) is 5.41 Å². The summed E-state index contributed by atoms with van der Waals surface area (Å²) in [4.78, 5) is 0. The first-order valence-corrected chi connectivity index (χ1v) is 9.20. The van der Waals surface area contributed by atoms with E-state index in [2.05, 4.69) is 97.9 Å². The van der Waals surface area contributed by atoms with Gasteiger partial charge in [0.25, 0.3) is 0 Å². The molecule has 0 nitrogen and oxygen atoms in total. The van der Waals surface area contributed by atoms with Crippen LogP contribution < -0.4 is 0 Å². The van der Waals surface area contributed by atoms with Crippen LogP contribution in [0.3, 0.4) is 0 Å². The Hall–Kier alpha value is -1.56. The summed E-state index contributed by atoms with van der Waals surface area (Å²) in [6.45, 7) is 18.5. The number of rotatable bonds is 5. The molecule has 0 heteroatoms. The first-order chi connectivity index (χ1) is 11.0. The molecule has 0 fully saturated rings. The maximum Gasteiger partial charge on any atom is 0.0146 e. The molecule has 2 aromatic carbocycles. The molecule has 0 saturated heterocycles. The smallest absolute Gasteiger partial charge is 0.0146 e. The number of hydrogen-bond acceptors (Lipinski definition) is 0. The van der Waals surface area contributed by atoms with E-state index < -0.39 is 0 Å². The zero-order valence-electron chi connectivity index (χ0n) is 16.8. The molecule has 0 aliphatic carbocycles. The molecular formula is C24H34. The summed E-state index contributed by atoms with van der Waals surface area (Å²) in [7, 11) is 0. The van der Waals surface area contributed by atoms with E-state index in [-0.39, 0.29) is 5.41 Å². The molecule has 0 bridgehead atoms. The molecule has 2 rings (SSSR count). The number of benzene rings is 2. The number of hydrogen-bond donors (Lipinski definition) is 0. The van der Waals surface area contributed by atoms with E-state index in [9.17, 15) is 0 Å². The Labute approximate surface area is 149 Å². The summed E-state index contributed by atoms with van der Waals surface area (Å²) in [6, 6.07) is 16.1. The van der Waals surface area contributed by atoms with Crippen molar-refractivity contribution in [3.05, 3.63) is 70.3 Å². The van der Waals surface area contributed by atoms with E-state index in [4.69, 9.17) is 0 Å². The van der Waals surface area contributed by atoms with Crippen molar-refractivity contribution in [2.75, 3.05) is 0 Å². The Balaban J connectivity index is 2.42. The molecule has 24 heavy (non-hydrogen) atoms. The average Bonchev–Trinajstić information content (AvgIpc) is 2.46. The fourth-order valence-electron chi connectivity index (χ4n) is 3.19. The summed E-state index contributed by atoms with van der Waals surface area (Å²) in [5.74, 6) is 0.673. The zero-order valence-corrected chi connectivity index (χ0v) is 16.8. The van der Waals surface area contributed by atoms with Gasteiger partial charge in [0.15, 0.2) is 0 Å². The fourth-order valence-corrected chi connectivity index (χ4v) is 3.19. The van der Waals surface area contributed by atoms with Crippen LogP contribution in [-0.4, -0.2) is 0 Å². The van der Waals surface area contributed by atoms with Crippen molar-refractivity contribution < 1.29 is 0 Å². The van der Waals surface area contributed by atoms with Gasteiger partial charge in [-0.25, -0.2) is 0 Å². The van der Waals surface area contributed by atoms with Gasteiger partial charge in [0.2, 0.25) is 0 Å². The largest absolute Gasteiger partial charge is 0.0623 e. The van der Waals surface area contributed by atoms with Crippen LogP contribution in [0.1, 0.15) is 69.4 Å². The highest BCUT2D eigenvalue weighted by molar-refractivity contribution is 5.42. The van der Waals surface area contributed by atoms with Crippen LogP contribution in [0.15, 0.2) is 42.5 Å². The first kappa shape index (κ1) is 18.8. The van der Waals surface area contributed by atoms with E-state index >= 15 is 0 Å². The second-order valence-electron chi connectivity index (χ2n) is 9.02. The van der Waals surface area contributed by atoms with Crippen LogP contribution in [-0.2, 0) is 11.8 Å². The van der Waals surface area contributed by atoms with Crippen LogP contribution in [0, 0.1) is 25.2 Å². The Kier molecular flexibility index (Phi) is 5.28. The van der Waals surface area contributed by atoms with Gasteiger partial charge in [-0.3, -0.25) is 0 Å². The molecule has 0 saturated carbocycles. The second kappa shape index (κ2) is 6.75. The highest BCUT2D eigenvalue weighted by atomic mass is 14.3. The second-order valence-corrected chi connectivity index (χ2v) is 9.02. The van der Waals surface area contributed by atoms with Crippen LogP contribution in [0.25, 0.3) is 0 Å². The van der Waals surface area contributed by atoms with Crippen LogP contribution in [0.5, 0.6) is 0 Å². The lowest BCUT2D eigenvalue weighted by Gasteiger charge is -2.31. The van der Waals surface area contributed by atoms with Gasteiger partial charge in [-0.15, -0.1) is 0 Å². The maximum atomic E-state index is 2.43. The molecule has 0 N–H and O–H groups in total. The summed E-state index contributed by atoms with van der Waals surface area (Å²) in [5.41, 5.74) is 7.29. The van der Waals surface area contributed by atoms with Crippen molar-refractivity contribution in [3.63, 3.8) is 0 Å². The molecule has 0 aliphatic rings. The highest BCUT2D eigenvalue weighted by Crippen LogP contribution is 2.35. The molecule has 0 aromatic heterocycles. The van der Waals surface area contributed by atoms with Gasteiger partial charge < -0.3 is 0 Å². The first-order valence-electron chi connectivity index (χ1n) is 9.20. The minimum Gasteiger partial charge on any atom is -0.0623 e. The molecule has 0 radical (unpaired) electrons. The summed E-state index contributed by atoms with van der Waals surface area (Å²) in [6.07, 6.45) is 1.13. The minimum atomic E-state index is 0.0242. The molecule has 2 aromatic rings. The van der Waals surface area contributed by atoms with E-state index in [1.165, 1.54) is 27.8 Å². The molecule has 0 atom stereocenters. The van der Waals surface area contributed by atoms with Gasteiger partial charge in [-0.05, 0) is 48.3 Å². The molecule has 0 heterocycles.